The summed E-state index contributed by atoms with van der Waals surface area (Å²) < 4.78 is 0. The number of anilines is 6. The first-order valence-corrected chi connectivity index (χ1v) is 28.7. The molecule has 6 fully saturated rings. The molecule has 0 aliphatic heterocycles. The van der Waals surface area contributed by atoms with Crippen LogP contribution in [0.4, 0.5) is 34.1 Å². The van der Waals surface area contributed by atoms with Crippen LogP contribution in [0.3, 0.4) is 0 Å². The van der Waals surface area contributed by atoms with Gasteiger partial charge in [0.1, 0.15) is 0 Å². The van der Waals surface area contributed by atoms with E-state index in [9.17, 15) is 0 Å². The molecule has 0 radical (unpaired) electrons. The Morgan fingerprint density at radius 3 is 1.62 bits per heavy atom. The summed E-state index contributed by atoms with van der Waals surface area (Å²) >= 11 is 0. The smallest absolute Gasteiger partial charge is 0.0543 e. The zero-order valence-electron chi connectivity index (χ0n) is 43.6. The molecule has 3 unspecified atom stereocenters. The Bertz CT molecular complexity index is 3380. The first kappa shape index (κ1) is 44.8. The Labute approximate surface area is 440 Å². The van der Waals surface area contributed by atoms with E-state index in [1.165, 1.54) is 160 Å². The van der Waals surface area contributed by atoms with Gasteiger partial charge in [0.25, 0.3) is 0 Å². The molecule has 74 heavy (non-hydrogen) atoms. The van der Waals surface area contributed by atoms with Gasteiger partial charge < -0.3 is 9.80 Å². The average molecular weight is 963 g/mol. The lowest BCUT2D eigenvalue weighted by atomic mass is 9.48. The Morgan fingerprint density at radius 2 is 0.986 bits per heavy atom. The van der Waals surface area contributed by atoms with Crippen molar-refractivity contribution in [3.05, 3.63) is 226 Å². The summed E-state index contributed by atoms with van der Waals surface area (Å²) in [5.41, 5.74) is 24.6. The lowest BCUT2D eigenvalue weighted by Crippen LogP contribution is -2.48. The Hall–Kier alpha value is -6.64. The Morgan fingerprint density at radius 1 is 0.405 bits per heavy atom. The molecule has 2 nitrogen and oxygen atoms in total. The van der Waals surface area contributed by atoms with Gasteiger partial charge in [-0.05, 0) is 246 Å². The van der Waals surface area contributed by atoms with E-state index in [2.05, 4.69) is 206 Å². The van der Waals surface area contributed by atoms with Crippen molar-refractivity contribution in [1.29, 1.82) is 0 Å². The fraction of sp³-hybridized carbons (Fsp3) is 0.333. The molecule has 0 amide bonds. The molecule has 0 aromatic heterocycles. The van der Waals surface area contributed by atoms with Crippen molar-refractivity contribution in [2.45, 2.75) is 120 Å². The van der Waals surface area contributed by atoms with E-state index < -0.39 is 0 Å². The van der Waals surface area contributed by atoms with Crippen LogP contribution < -0.4 is 9.80 Å². The molecule has 6 saturated carbocycles. The molecule has 368 valence electrons. The third-order valence-electron chi connectivity index (χ3n) is 20.3. The average Bonchev–Trinajstić information content (AvgIpc) is 4.13. The molecule has 10 bridgehead atoms. The van der Waals surface area contributed by atoms with Gasteiger partial charge in [0, 0.05) is 39.4 Å². The highest BCUT2D eigenvalue weighted by Crippen LogP contribution is 2.61. The normalized spacial score (nSPS) is 25.4. The maximum absolute atomic E-state index is 2.67. The molecule has 0 saturated heterocycles. The number of benzene rings is 8. The van der Waals surface area contributed by atoms with E-state index >= 15 is 0 Å². The SMILES string of the molecule is CC1(C)c2ccccc2-c2cc(-c3ccccc3)c(N(c3ccc(C4CC5CCC4C5)cc3)c3cc4ccc3CCc3ccc(c(N(c5ccccc5)c5ccc(C67CC8CC(CC(C8)C6)C7)cc5)c3)CC4)cc21. The highest BCUT2D eigenvalue weighted by molar-refractivity contribution is 5.95. The molecule has 2 heteroatoms. The Kier molecular flexibility index (Phi) is 10.6. The third-order valence-corrected chi connectivity index (χ3v) is 20.3. The maximum atomic E-state index is 2.67. The maximum Gasteiger partial charge on any atom is 0.0543 e. The van der Waals surface area contributed by atoms with Crippen molar-refractivity contribution >= 4 is 34.1 Å². The molecule has 11 aliphatic rings. The van der Waals surface area contributed by atoms with Gasteiger partial charge in [-0.3, -0.25) is 0 Å². The van der Waals surface area contributed by atoms with Crippen LogP contribution in [0.5, 0.6) is 0 Å². The molecular weight excluding hydrogens is 893 g/mol. The lowest BCUT2D eigenvalue weighted by molar-refractivity contribution is -0.00518. The molecule has 8 aromatic rings. The predicted molar refractivity (Wildman–Crippen MR) is 308 cm³/mol. The lowest BCUT2D eigenvalue weighted by Gasteiger charge is -2.57. The van der Waals surface area contributed by atoms with Gasteiger partial charge in [-0.15, -0.1) is 0 Å². The van der Waals surface area contributed by atoms with Crippen molar-refractivity contribution < 1.29 is 0 Å². The zero-order chi connectivity index (χ0) is 49.1. The molecule has 0 N–H and O–H groups in total. The minimum atomic E-state index is -0.136. The number of nitrogens with zero attached hydrogens (tertiary/aromatic N) is 2. The van der Waals surface area contributed by atoms with Crippen molar-refractivity contribution in [3.63, 3.8) is 0 Å². The van der Waals surface area contributed by atoms with Crippen LogP contribution in [0.15, 0.2) is 182 Å². The number of para-hydroxylation sites is 1. The summed E-state index contributed by atoms with van der Waals surface area (Å²) in [6.45, 7) is 4.86. The van der Waals surface area contributed by atoms with E-state index in [0.29, 0.717) is 11.3 Å². The highest BCUT2D eigenvalue weighted by Gasteiger charge is 2.51. The van der Waals surface area contributed by atoms with Gasteiger partial charge in [0.2, 0.25) is 0 Å². The molecule has 19 rings (SSSR count). The molecule has 8 aromatic carbocycles. The number of fused-ring (bicyclic) bond motifs is 5. The van der Waals surface area contributed by atoms with Crippen molar-refractivity contribution in [2.75, 3.05) is 9.80 Å². The molecule has 11 aliphatic carbocycles. The van der Waals surface area contributed by atoms with Crippen molar-refractivity contribution in [2.24, 2.45) is 29.6 Å². The predicted octanol–water partition coefficient (Wildman–Crippen LogP) is 18.9. The summed E-state index contributed by atoms with van der Waals surface area (Å²) in [7, 11) is 0. The van der Waals surface area contributed by atoms with E-state index in [1.807, 2.05) is 0 Å². The largest absolute Gasteiger partial charge is 0.310 e. The van der Waals surface area contributed by atoms with Crippen LogP contribution in [-0.4, -0.2) is 0 Å². The summed E-state index contributed by atoms with van der Waals surface area (Å²) in [6, 6.07) is 71.5. The van der Waals surface area contributed by atoms with Crippen LogP contribution in [0.1, 0.15) is 128 Å². The van der Waals surface area contributed by atoms with Gasteiger partial charge >= 0.3 is 0 Å². The van der Waals surface area contributed by atoms with E-state index in [0.717, 1.165) is 55.3 Å². The minimum Gasteiger partial charge on any atom is -0.310 e. The summed E-state index contributed by atoms with van der Waals surface area (Å²) in [6.07, 6.45) is 18.0. The van der Waals surface area contributed by atoms with E-state index in [4.69, 9.17) is 0 Å². The fourth-order valence-corrected chi connectivity index (χ4v) is 17.1. The Balaban J connectivity index is 0.836. The van der Waals surface area contributed by atoms with E-state index in [-0.39, 0.29) is 5.41 Å². The van der Waals surface area contributed by atoms with Gasteiger partial charge in [0.05, 0.1) is 5.69 Å². The summed E-state index contributed by atoms with van der Waals surface area (Å²) in [5.74, 6) is 5.27. The van der Waals surface area contributed by atoms with Crippen molar-refractivity contribution in [1.82, 2.24) is 0 Å². The first-order chi connectivity index (χ1) is 36.3. The number of rotatable bonds is 9. The summed E-state index contributed by atoms with van der Waals surface area (Å²) in [4.78, 5) is 5.25. The fourth-order valence-electron chi connectivity index (χ4n) is 17.1. The second-order valence-corrected chi connectivity index (χ2v) is 25.0. The van der Waals surface area contributed by atoms with Crippen LogP contribution in [-0.2, 0) is 36.5 Å². The van der Waals surface area contributed by atoms with Crippen LogP contribution in [0, 0.1) is 29.6 Å². The van der Waals surface area contributed by atoms with Crippen LogP contribution >= 0.6 is 0 Å². The van der Waals surface area contributed by atoms with Crippen molar-refractivity contribution in [3.8, 4) is 22.3 Å². The first-order valence-electron chi connectivity index (χ1n) is 28.7. The zero-order valence-corrected chi connectivity index (χ0v) is 43.6. The highest BCUT2D eigenvalue weighted by atomic mass is 15.2. The van der Waals surface area contributed by atoms with Crippen LogP contribution in [0.25, 0.3) is 22.3 Å². The molecular formula is C72H70N2. The second-order valence-electron chi connectivity index (χ2n) is 25.0. The third kappa shape index (κ3) is 7.47. The van der Waals surface area contributed by atoms with E-state index in [1.54, 1.807) is 5.56 Å². The van der Waals surface area contributed by atoms with Gasteiger partial charge in [-0.2, -0.15) is 0 Å². The van der Waals surface area contributed by atoms with Gasteiger partial charge in [-0.1, -0.05) is 142 Å². The standard InChI is InChI=1S/C72H70N2/c1-71(2)66-16-10-9-15-62(66)65-42-64(53-11-5-3-6-12-53)70(43-67(65)71)74(61-31-27-54(28-32-61)63-39-49-21-26-57(63)38-49)69-41-48-18-23-55-22-17-47(19-24-56(69)25-20-48)40-68(55)73(59-13-7-4-8-14-59)60-33-29-58(30-34-60)72-44-50-35-51(45-72)37-52(36-50)46-72/h3-17,20,22,25,27-34,40-43,49-52,57,63H,18-19,21,23-24,26,35-39,44-46H2,1-2H3. The molecule has 3 atom stereocenters. The van der Waals surface area contributed by atoms with Gasteiger partial charge in [0.15, 0.2) is 0 Å². The van der Waals surface area contributed by atoms with Crippen LogP contribution in [0.2, 0.25) is 0 Å². The quantitative estimate of drug-likeness (QED) is 0.142. The molecule has 0 heterocycles. The monoisotopic (exact) mass is 963 g/mol. The minimum absolute atomic E-state index is 0.136. The number of hydrogen-bond acceptors (Lipinski definition) is 2. The second kappa shape index (κ2) is 17.5. The number of aryl methyl sites for hydroxylation is 4. The number of hydrogen-bond donors (Lipinski definition) is 0. The van der Waals surface area contributed by atoms with Gasteiger partial charge in [-0.25, -0.2) is 0 Å². The summed E-state index contributed by atoms with van der Waals surface area (Å²) in [5, 5.41) is 0. The molecule has 0 spiro atoms. The topological polar surface area (TPSA) is 6.48 Å².